The van der Waals surface area contributed by atoms with Crippen LogP contribution in [0.2, 0.25) is 0 Å². The molecule has 1 N–H and O–H groups in total. The van der Waals surface area contributed by atoms with E-state index in [1.165, 1.54) is 18.5 Å². The van der Waals surface area contributed by atoms with Crippen molar-refractivity contribution in [1.82, 2.24) is 10.3 Å². The molecule has 0 radical (unpaired) electrons. The Morgan fingerprint density at radius 2 is 2.50 bits per heavy atom. The molecule has 2 rings (SSSR count). The van der Waals surface area contributed by atoms with Gasteiger partial charge in [-0.1, -0.05) is 13.3 Å². The molecule has 2 nitrogen and oxygen atoms in total. The zero-order valence-electron chi connectivity index (χ0n) is 9.08. The van der Waals surface area contributed by atoms with E-state index in [1.54, 1.807) is 11.3 Å². The summed E-state index contributed by atoms with van der Waals surface area (Å²) in [4.78, 5) is 4.50. The summed E-state index contributed by atoms with van der Waals surface area (Å²) in [6, 6.07) is 1.17. The van der Waals surface area contributed by atoms with Crippen molar-refractivity contribution in [3.8, 4) is 0 Å². The second kappa shape index (κ2) is 3.99. The molecule has 1 heterocycles. The topological polar surface area (TPSA) is 24.9 Å². The molecule has 1 aliphatic rings. The Kier molecular flexibility index (Phi) is 2.88. The fraction of sp³-hybridized carbons (Fsp3) is 0.727. The Labute approximate surface area is 89.8 Å². The maximum absolute atomic E-state index is 4.50. The van der Waals surface area contributed by atoms with E-state index in [4.69, 9.17) is 0 Å². The molecule has 0 aromatic carbocycles. The van der Waals surface area contributed by atoms with Crippen LogP contribution in [-0.2, 0) is 0 Å². The van der Waals surface area contributed by atoms with Crippen molar-refractivity contribution in [2.24, 2.45) is 5.92 Å². The first-order valence-corrected chi connectivity index (χ1v) is 6.26. The van der Waals surface area contributed by atoms with E-state index in [2.05, 4.69) is 36.5 Å². The summed E-state index contributed by atoms with van der Waals surface area (Å²) in [5, 5.41) is 6.96. The molecule has 78 valence electrons. The summed E-state index contributed by atoms with van der Waals surface area (Å²) in [7, 11) is 0. The molecule has 0 aliphatic heterocycles. The largest absolute Gasteiger partial charge is 0.306 e. The molecule has 14 heavy (non-hydrogen) atoms. The van der Waals surface area contributed by atoms with Gasteiger partial charge in [0.25, 0.3) is 0 Å². The van der Waals surface area contributed by atoms with Crippen molar-refractivity contribution in [2.75, 3.05) is 0 Å². The molecular weight excluding hydrogens is 192 g/mol. The lowest BCUT2D eigenvalue weighted by Gasteiger charge is -2.10. The number of aromatic nitrogens is 1. The summed E-state index contributed by atoms with van der Waals surface area (Å²) in [5.74, 6) is 0.914. The maximum atomic E-state index is 4.50. The third-order valence-electron chi connectivity index (χ3n) is 2.99. The van der Waals surface area contributed by atoms with Crippen LogP contribution >= 0.6 is 11.3 Å². The van der Waals surface area contributed by atoms with Gasteiger partial charge in [0.05, 0.1) is 10.7 Å². The van der Waals surface area contributed by atoms with Crippen LogP contribution in [-0.4, -0.2) is 11.0 Å². The average molecular weight is 210 g/mol. The van der Waals surface area contributed by atoms with E-state index < -0.39 is 0 Å². The van der Waals surface area contributed by atoms with E-state index in [0.717, 1.165) is 17.0 Å². The Morgan fingerprint density at radius 3 is 3.00 bits per heavy atom. The van der Waals surface area contributed by atoms with Crippen molar-refractivity contribution in [2.45, 2.75) is 45.7 Å². The number of rotatable bonds is 4. The lowest BCUT2D eigenvalue weighted by molar-refractivity contribution is 0.530. The van der Waals surface area contributed by atoms with Gasteiger partial charge in [-0.05, 0) is 26.2 Å². The molecule has 1 aromatic rings. The Morgan fingerprint density at radius 1 is 1.71 bits per heavy atom. The van der Waals surface area contributed by atoms with Crippen LogP contribution in [0.4, 0.5) is 0 Å². The lowest BCUT2D eigenvalue weighted by Crippen LogP contribution is -2.22. The Bertz CT molecular complexity index is 308. The zero-order valence-corrected chi connectivity index (χ0v) is 9.90. The maximum Gasteiger partial charge on any atom is 0.0898 e. The first-order valence-electron chi connectivity index (χ1n) is 5.38. The highest BCUT2D eigenvalue weighted by Gasteiger charge is 2.36. The fourth-order valence-corrected chi connectivity index (χ4v) is 2.59. The van der Waals surface area contributed by atoms with Gasteiger partial charge in [0.2, 0.25) is 0 Å². The first kappa shape index (κ1) is 10.1. The van der Waals surface area contributed by atoms with Crippen molar-refractivity contribution in [3.63, 3.8) is 0 Å². The van der Waals surface area contributed by atoms with Crippen LogP contribution in [0.1, 0.15) is 43.4 Å². The average Bonchev–Trinajstić information content (AvgIpc) is 2.77. The minimum absolute atomic E-state index is 0.418. The fourth-order valence-electron chi connectivity index (χ4n) is 1.89. The van der Waals surface area contributed by atoms with Gasteiger partial charge in [-0.25, -0.2) is 4.98 Å². The second-order valence-electron chi connectivity index (χ2n) is 4.19. The molecule has 1 aliphatic carbocycles. The van der Waals surface area contributed by atoms with Gasteiger partial charge in [-0.2, -0.15) is 0 Å². The molecular formula is C11H18N2S. The number of nitrogens with one attached hydrogen (secondary N) is 1. The van der Waals surface area contributed by atoms with Crippen LogP contribution in [0.3, 0.4) is 0 Å². The number of hydrogen-bond acceptors (Lipinski definition) is 3. The second-order valence-corrected chi connectivity index (χ2v) is 5.25. The predicted molar refractivity (Wildman–Crippen MR) is 60.6 cm³/mol. The quantitative estimate of drug-likeness (QED) is 0.826. The Hall–Kier alpha value is -0.410. The molecule has 0 saturated heterocycles. The van der Waals surface area contributed by atoms with E-state index >= 15 is 0 Å². The third-order valence-corrected chi connectivity index (χ3v) is 3.78. The number of thiazole rings is 1. The van der Waals surface area contributed by atoms with Crippen LogP contribution in [0.25, 0.3) is 0 Å². The highest BCUT2D eigenvalue weighted by Crippen LogP contribution is 2.35. The molecule has 1 fully saturated rings. The smallest absolute Gasteiger partial charge is 0.0898 e. The summed E-state index contributed by atoms with van der Waals surface area (Å²) in [6.45, 7) is 6.54. The summed E-state index contributed by atoms with van der Waals surface area (Å²) in [6.07, 6.45) is 2.66. The molecule has 3 heteroatoms. The van der Waals surface area contributed by atoms with Crippen LogP contribution in [0.15, 0.2) is 5.38 Å². The molecule has 0 amide bonds. The van der Waals surface area contributed by atoms with Gasteiger partial charge in [0.15, 0.2) is 0 Å². The summed E-state index contributed by atoms with van der Waals surface area (Å²) in [5.41, 5.74) is 1.20. The van der Waals surface area contributed by atoms with E-state index in [1.807, 2.05) is 0 Å². The first-order chi connectivity index (χ1) is 6.70. The van der Waals surface area contributed by atoms with Gasteiger partial charge in [0, 0.05) is 17.5 Å². The van der Waals surface area contributed by atoms with Crippen molar-refractivity contribution in [3.05, 3.63) is 16.1 Å². The SMILES string of the molecule is CCC1CC1NC(C)c1csc(C)n1. The third kappa shape index (κ3) is 2.15. The van der Waals surface area contributed by atoms with Crippen LogP contribution < -0.4 is 5.32 Å². The molecule has 0 spiro atoms. The number of aryl methyl sites for hydroxylation is 1. The van der Waals surface area contributed by atoms with Crippen molar-refractivity contribution < 1.29 is 0 Å². The molecule has 3 atom stereocenters. The highest BCUT2D eigenvalue weighted by molar-refractivity contribution is 7.09. The minimum Gasteiger partial charge on any atom is -0.306 e. The summed E-state index contributed by atoms with van der Waals surface area (Å²) < 4.78 is 0. The molecule has 3 unspecified atom stereocenters. The van der Waals surface area contributed by atoms with Crippen LogP contribution in [0, 0.1) is 12.8 Å². The van der Waals surface area contributed by atoms with E-state index in [9.17, 15) is 0 Å². The predicted octanol–water partition coefficient (Wildman–Crippen LogP) is 2.90. The van der Waals surface area contributed by atoms with Gasteiger partial charge >= 0.3 is 0 Å². The normalized spacial score (nSPS) is 27.6. The molecule has 1 saturated carbocycles. The molecule has 1 aromatic heterocycles. The standard InChI is InChI=1S/C11H18N2S/c1-4-9-5-10(9)12-7(2)11-6-14-8(3)13-11/h6-7,9-10,12H,4-5H2,1-3H3. The minimum atomic E-state index is 0.418. The van der Waals surface area contributed by atoms with Crippen LogP contribution in [0.5, 0.6) is 0 Å². The molecule has 0 bridgehead atoms. The van der Waals surface area contributed by atoms with Crippen molar-refractivity contribution >= 4 is 11.3 Å². The Balaban J connectivity index is 1.87. The number of hydrogen-bond donors (Lipinski definition) is 1. The van der Waals surface area contributed by atoms with Gasteiger partial charge in [-0.15, -0.1) is 11.3 Å². The monoisotopic (exact) mass is 210 g/mol. The zero-order chi connectivity index (χ0) is 10.1. The number of nitrogens with zero attached hydrogens (tertiary/aromatic N) is 1. The summed E-state index contributed by atoms with van der Waals surface area (Å²) >= 11 is 1.74. The highest BCUT2D eigenvalue weighted by atomic mass is 32.1. The van der Waals surface area contributed by atoms with Gasteiger partial charge in [-0.3, -0.25) is 0 Å². The van der Waals surface area contributed by atoms with Gasteiger partial charge < -0.3 is 5.32 Å². The lowest BCUT2D eigenvalue weighted by atomic mass is 10.2. The van der Waals surface area contributed by atoms with E-state index in [-0.39, 0.29) is 0 Å². The van der Waals surface area contributed by atoms with Gasteiger partial charge in [0.1, 0.15) is 0 Å². The van der Waals surface area contributed by atoms with Crippen molar-refractivity contribution in [1.29, 1.82) is 0 Å². The van der Waals surface area contributed by atoms with E-state index in [0.29, 0.717) is 6.04 Å².